The van der Waals surface area contributed by atoms with Gasteiger partial charge in [-0.3, -0.25) is 4.79 Å². The Morgan fingerprint density at radius 1 is 1.46 bits per heavy atom. The summed E-state index contributed by atoms with van der Waals surface area (Å²) in [7, 11) is 1.70. The lowest BCUT2D eigenvalue weighted by molar-refractivity contribution is -0.124. The number of amides is 1. The highest BCUT2D eigenvalue weighted by molar-refractivity contribution is 8.93. The first-order chi connectivity index (χ1) is 11.0. The number of aryl methyl sites for hydroxylation is 2. The first-order valence-electron chi connectivity index (χ1n) is 8.22. The molecule has 8 heteroatoms. The van der Waals surface area contributed by atoms with Gasteiger partial charge in [0, 0.05) is 31.6 Å². The molecule has 1 aliphatic heterocycles. The summed E-state index contributed by atoms with van der Waals surface area (Å²) >= 11 is 1.70. The molecule has 0 bridgehead atoms. The predicted molar refractivity (Wildman–Crippen MR) is 105 cm³/mol. The Bertz CT molecular complexity index is 575. The maximum Gasteiger partial charge on any atom is 0.224 e. The zero-order valence-electron chi connectivity index (χ0n) is 14.9. The second-order valence-electron chi connectivity index (χ2n) is 5.85. The average molecular weight is 418 g/mol. The monoisotopic (exact) mass is 417 g/mol. The molecule has 0 radical (unpaired) electrons. The molecule has 2 rings (SSSR count). The maximum atomic E-state index is 11.8. The first-order valence-corrected chi connectivity index (χ1v) is 9.04. The summed E-state index contributed by atoms with van der Waals surface area (Å²) in [6.45, 7) is 9.33. The van der Waals surface area contributed by atoms with E-state index >= 15 is 0 Å². The molecule has 2 heterocycles. The molecule has 1 saturated heterocycles. The van der Waals surface area contributed by atoms with Gasteiger partial charge in [0.25, 0.3) is 0 Å². The summed E-state index contributed by atoms with van der Waals surface area (Å²) in [5.41, 5.74) is 1.07. The molecule has 1 aromatic rings. The van der Waals surface area contributed by atoms with Crippen molar-refractivity contribution in [2.24, 2.45) is 10.9 Å². The Morgan fingerprint density at radius 3 is 2.79 bits per heavy atom. The molecule has 136 valence electrons. The van der Waals surface area contributed by atoms with Crippen LogP contribution in [-0.2, 0) is 11.3 Å². The van der Waals surface area contributed by atoms with Crippen molar-refractivity contribution in [3.63, 3.8) is 0 Å². The molecule has 0 saturated carbocycles. The van der Waals surface area contributed by atoms with E-state index in [4.69, 9.17) is 4.99 Å². The number of nitrogens with one attached hydrogen (secondary N) is 2. The van der Waals surface area contributed by atoms with E-state index in [9.17, 15) is 4.79 Å². The molecule has 1 aliphatic rings. The molecule has 1 atom stereocenters. The Labute approximate surface area is 158 Å². The van der Waals surface area contributed by atoms with Crippen molar-refractivity contribution in [2.45, 2.75) is 40.2 Å². The average Bonchev–Trinajstić information content (AvgIpc) is 3.13. The van der Waals surface area contributed by atoms with Crippen LogP contribution in [0.5, 0.6) is 0 Å². The van der Waals surface area contributed by atoms with E-state index in [1.54, 1.807) is 18.4 Å². The third-order valence-electron chi connectivity index (χ3n) is 4.01. The molecule has 2 N–H and O–H groups in total. The van der Waals surface area contributed by atoms with Gasteiger partial charge in [-0.15, -0.1) is 28.3 Å². The summed E-state index contributed by atoms with van der Waals surface area (Å²) < 4.78 is 0. The Balaban J connectivity index is 0.00000288. The highest BCUT2D eigenvalue weighted by atomic mass is 79.9. The van der Waals surface area contributed by atoms with Crippen LogP contribution in [-0.4, -0.2) is 48.4 Å². The lowest BCUT2D eigenvalue weighted by Gasteiger charge is -2.21. The van der Waals surface area contributed by atoms with Crippen LogP contribution < -0.4 is 10.6 Å². The van der Waals surface area contributed by atoms with Crippen molar-refractivity contribution >= 4 is 40.2 Å². The number of nitrogens with zero attached hydrogens (tertiary/aromatic N) is 3. The molecule has 1 aromatic heterocycles. The number of thiazole rings is 1. The van der Waals surface area contributed by atoms with E-state index in [2.05, 4.69) is 27.4 Å². The van der Waals surface area contributed by atoms with Gasteiger partial charge in [0.05, 0.1) is 23.2 Å². The molecule has 1 amide bonds. The molecule has 24 heavy (non-hydrogen) atoms. The van der Waals surface area contributed by atoms with E-state index < -0.39 is 0 Å². The molecule has 6 nitrogen and oxygen atoms in total. The molecular formula is C16H28BrN5OS. The molecule has 1 unspecified atom stereocenters. The lowest BCUT2D eigenvalue weighted by atomic mass is 10.1. The van der Waals surface area contributed by atoms with Crippen LogP contribution in [0.4, 0.5) is 0 Å². The van der Waals surface area contributed by atoms with Crippen molar-refractivity contribution in [1.82, 2.24) is 20.5 Å². The highest BCUT2D eigenvalue weighted by Crippen LogP contribution is 2.20. The van der Waals surface area contributed by atoms with Gasteiger partial charge in [-0.25, -0.2) is 9.98 Å². The normalized spacial score (nSPS) is 17.6. The highest BCUT2D eigenvalue weighted by Gasteiger charge is 2.29. The van der Waals surface area contributed by atoms with Crippen molar-refractivity contribution in [3.8, 4) is 0 Å². The number of aromatic nitrogens is 1. The summed E-state index contributed by atoms with van der Waals surface area (Å²) in [4.78, 5) is 24.5. The van der Waals surface area contributed by atoms with Crippen LogP contribution in [0, 0.1) is 19.8 Å². The zero-order chi connectivity index (χ0) is 16.8. The SMILES string of the molecule is Br.CCCNC(=NCc1sc(C)nc1C)N1CCC(C(=O)NC)C1. The fraction of sp³-hybridized carbons (Fsp3) is 0.688. The van der Waals surface area contributed by atoms with Gasteiger partial charge < -0.3 is 15.5 Å². The third kappa shape index (κ3) is 5.44. The van der Waals surface area contributed by atoms with Gasteiger partial charge in [-0.2, -0.15) is 0 Å². The van der Waals surface area contributed by atoms with E-state index in [0.717, 1.165) is 49.1 Å². The van der Waals surface area contributed by atoms with Gasteiger partial charge in [-0.05, 0) is 26.7 Å². The topological polar surface area (TPSA) is 69.6 Å². The lowest BCUT2D eigenvalue weighted by Crippen LogP contribution is -2.41. The van der Waals surface area contributed by atoms with Crippen LogP contribution in [0.1, 0.15) is 35.3 Å². The summed E-state index contributed by atoms with van der Waals surface area (Å²) in [5, 5.41) is 7.24. The number of rotatable bonds is 5. The minimum Gasteiger partial charge on any atom is -0.359 e. The number of carbonyl (C=O) groups is 1. The number of guanidine groups is 1. The molecule has 0 aromatic carbocycles. The maximum absolute atomic E-state index is 11.8. The summed E-state index contributed by atoms with van der Waals surface area (Å²) in [6.07, 6.45) is 1.93. The molecule has 1 fully saturated rings. The fourth-order valence-corrected chi connectivity index (χ4v) is 3.60. The molecule has 0 spiro atoms. The van der Waals surface area contributed by atoms with Crippen LogP contribution in [0.15, 0.2) is 4.99 Å². The smallest absolute Gasteiger partial charge is 0.224 e. The van der Waals surface area contributed by atoms with E-state index in [-0.39, 0.29) is 28.8 Å². The molecular weight excluding hydrogens is 390 g/mol. The minimum atomic E-state index is 0. The predicted octanol–water partition coefficient (Wildman–Crippen LogP) is 2.26. The largest absolute Gasteiger partial charge is 0.359 e. The second-order valence-corrected chi connectivity index (χ2v) is 7.14. The number of likely N-dealkylation sites (tertiary alicyclic amines) is 1. The quantitative estimate of drug-likeness (QED) is 0.569. The number of hydrogen-bond acceptors (Lipinski definition) is 4. The van der Waals surface area contributed by atoms with Crippen molar-refractivity contribution in [1.29, 1.82) is 0 Å². The van der Waals surface area contributed by atoms with E-state index in [0.29, 0.717) is 6.54 Å². The van der Waals surface area contributed by atoms with Crippen LogP contribution in [0.25, 0.3) is 0 Å². The number of halogens is 1. The van der Waals surface area contributed by atoms with Gasteiger partial charge in [0.1, 0.15) is 0 Å². The van der Waals surface area contributed by atoms with Gasteiger partial charge in [0.2, 0.25) is 5.91 Å². The third-order valence-corrected chi connectivity index (χ3v) is 5.07. The fourth-order valence-electron chi connectivity index (χ4n) is 2.74. The standard InChI is InChI=1S/C16H27N5OS.BrH/c1-5-7-18-16(19-9-14-11(2)20-12(3)23-14)21-8-6-13(10-21)15(22)17-4;/h13H,5-10H2,1-4H3,(H,17,22)(H,18,19);1H. The van der Waals surface area contributed by atoms with Gasteiger partial charge >= 0.3 is 0 Å². The summed E-state index contributed by atoms with van der Waals surface area (Å²) in [5.74, 6) is 1.08. The number of carbonyl (C=O) groups excluding carboxylic acids is 1. The minimum absolute atomic E-state index is 0. The Kier molecular flexibility index (Phi) is 8.69. The van der Waals surface area contributed by atoms with Crippen molar-refractivity contribution < 1.29 is 4.79 Å². The van der Waals surface area contributed by atoms with Crippen LogP contribution >= 0.6 is 28.3 Å². The van der Waals surface area contributed by atoms with Crippen molar-refractivity contribution in [2.75, 3.05) is 26.7 Å². The van der Waals surface area contributed by atoms with Gasteiger partial charge in [-0.1, -0.05) is 6.92 Å². The van der Waals surface area contributed by atoms with Crippen molar-refractivity contribution in [3.05, 3.63) is 15.6 Å². The zero-order valence-corrected chi connectivity index (χ0v) is 17.4. The summed E-state index contributed by atoms with van der Waals surface area (Å²) in [6, 6.07) is 0. The Hall–Kier alpha value is -1.15. The van der Waals surface area contributed by atoms with E-state index in [1.165, 1.54) is 4.88 Å². The second kappa shape index (κ2) is 9.98. The van der Waals surface area contributed by atoms with Gasteiger partial charge in [0.15, 0.2) is 5.96 Å². The Morgan fingerprint density at radius 2 is 2.21 bits per heavy atom. The first kappa shape index (κ1) is 20.9. The number of hydrogen-bond donors (Lipinski definition) is 2. The van der Waals surface area contributed by atoms with Crippen LogP contribution in [0.3, 0.4) is 0 Å². The molecule has 0 aliphatic carbocycles. The number of aliphatic imine (C=N–C) groups is 1. The van der Waals surface area contributed by atoms with E-state index in [1.807, 2.05) is 13.8 Å². The van der Waals surface area contributed by atoms with Crippen LogP contribution in [0.2, 0.25) is 0 Å².